The third-order valence-electron chi connectivity index (χ3n) is 4.27. The Hall–Kier alpha value is -3.02. The normalized spacial score (nSPS) is 11.4. The van der Waals surface area contributed by atoms with Crippen LogP contribution in [0, 0.1) is 6.92 Å². The number of ether oxygens (including phenoxy) is 3. The molecule has 0 heterocycles. The van der Waals surface area contributed by atoms with Gasteiger partial charge in [0.15, 0.2) is 6.10 Å². The number of likely N-dealkylation sites (N-methyl/N-ethyl adjacent to an activating group) is 1. The highest BCUT2D eigenvalue weighted by atomic mass is 16.5. The minimum absolute atomic E-state index is 0.261. The highest BCUT2D eigenvalue weighted by Crippen LogP contribution is 2.30. The van der Waals surface area contributed by atoms with Crippen LogP contribution in [0.4, 0.5) is 5.69 Å². The number of carbonyl (C=O) groups excluding carboxylic acids is 2. The van der Waals surface area contributed by atoms with Crippen molar-refractivity contribution in [1.29, 1.82) is 0 Å². The molecule has 144 valence electrons. The maximum Gasteiger partial charge on any atom is 0.339 e. The number of amides is 1. The van der Waals surface area contributed by atoms with Gasteiger partial charge in [-0.05, 0) is 45.0 Å². The molecule has 27 heavy (non-hydrogen) atoms. The van der Waals surface area contributed by atoms with Crippen LogP contribution in [0.15, 0.2) is 42.5 Å². The van der Waals surface area contributed by atoms with Crippen molar-refractivity contribution in [3.8, 4) is 11.5 Å². The fourth-order valence-corrected chi connectivity index (χ4v) is 2.78. The highest BCUT2D eigenvalue weighted by Gasteiger charge is 2.25. The number of rotatable bonds is 7. The second-order valence-corrected chi connectivity index (χ2v) is 5.97. The van der Waals surface area contributed by atoms with Crippen LogP contribution >= 0.6 is 0 Å². The van der Waals surface area contributed by atoms with E-state index in [0.29, 0.717) is 18.0 Å². The summed E-state index contributed by atoms with van der Waals surface area (Å²) in [6, 6.07) is 12.4. The first-order valence-corrected chi connectivity index (χ1v) is 8.72. The molecule has 6 nitrogen and oxygen atoms in total. The van der Waals surface area contributed by atoms with Crippen molar-refractivity contribution in [2.45, 2.75) is 26.9 Å². The van der Waals surface area contributed by atoms with Crippen LogP contribution in [-0.2, 0) is 9.53 Å². The van der Waals surface area contributed by atoms with Crippen LogP contribution in [0.3, 0.4) is 0 Å². The fraction of sp³-hybridized carbons (Fsp3) is 0.333. The Morgan fingerprint density at radius 2 is 1.59 bits per heavy atom. The van der Waals surface area contributed by atoms with Crippen molar-refractivity contribution in [3.63, 3.8) is 0 Å². The lowest BCUT2D eigenvalue weighted by Gasteiger charge is -2.24. The summed E-state index contributed by atoms with van der Waals surface area (Å²) in [4.78, 5) is 26.9. The van der Waals surface area contributed by atoms with E-state index in [1.54, 1.807) is 24.0 Å². The Kier molecular flexibility index (Phi) is 6.82. The molecular formula is C21H25NO5. The maximum absolute atomic E-state index is 12.7. The molecule has 0 unspecified atom stereocenters. The summed E-state index contributed by atoms with van der Waals surface area (Å²) in [5, 5.41) is 0. The van der Waals surface area contributed by atoms with E-state index in [-0.39, 0.29) is 11.5 Å². The first-order chi connectivity index (χ1) is 12.9. The predicted octanol–water partition coefficient (Wildman–Crippen LogP) is 3.61. The molecule has 0 aromatic heterocycles. The van der Waals surface area contributed by atoms with Gasteiger partial charge in [0.05, 0.1) is 19.8 Å². The van der Waals surface area contributed by atoms with Gasteiger partial charge >= 0.3 is 5.97 Å². The number of carbonyl (C=O) groups is 2. The minimum Gasteiger partial charge on any atom is -0.496 e. The van der Waals surface area contributed by atoms with Crippen LogP contribution in [0.25, 0.3) is 0 Å². The Balaban J connectivity index is 2.18. The number of hydrogen-bond donors (Lipinski definition) is 0. The summed E-state index contributed by atoms with van der Waals surface area (Å²) in [7, 11) is 3.03. The maximum atomic E-state index is 12.7. The van der Waals surface area contributed by atoms with Gasteiger partial charge in [-0.3, -0.25) is 4.79 Å². The van der Waals surface area contributed by atoms with Gasteiger partial charge in [-0.15, -0.1) is 0 Å². The summed E-state index contributed by atoms with van der Waals surface area (Å²) >= 11 is 0. The number of nitrogens with zero attached hydrogens (tertiary/aromatic N) is 1. The number of anilines is 1. The summed E-state index contributed by atoms with van der Waals surface area (Å²) < 4.78 is 16.0. The molecule has 0 aliphatic heterocycles. The van der Waals surface area contributed by atoms with Crippen LogP contribution in [0.1, 0.15) is 29.8 Å². The van der Waals surface area contributed by atoms with E-state index in [0.717, 1.165) is 11.3 Å². The lowest BCUT2D eigenvalue weighted by atomic mass is 10.1. The van der Waals surface area contributed by atoms with E-state index >= 15 is 0 Å². The average Bonchev–Trinajstić information content (AvgIpc) is 2.69. The molecule has 6 heteroatoms. The highest BCUT2D eigenvalue weighted by molar-refractivity contribution is 5.99. The molecule has 0 saturated carbocycles. The number of para-hydroxylation sites is 1. The molecule has 0 saturated heterocycles. The molecule has 0 spiro atoms. The molecule has 0 bridgehead atoms. The standard InChI is InChI=1S/C21H25NO5/c1-6-22(17-10-8-7-9-11-17)20(23)15(3)27-21(24)16-12-18(25-4)14(2)19(13-16)26-5/h7-13,15H,6H2,1-5H3/t15-/m1/s1. The summed E-state index contributed by atoms with van der Waals surface area (Å²) in [6.45, 7) is 5.73. The Morgan fingerprint density at radius 1 is 1.04 bits per heavy atom. The van der Waals surface area contributed by atoms with Crippen LogP contribution < -0.4 is 14.4 Å². The average molecular weight is 371 g/mol. The largest absolute Gasteiger partial charge is 0.496 e. The lowest BCUT2D eigenvalue weighted by Crippen LogP contribution is -2.40. The predicted molar refractivity (Wildman–Crippen MR) is 104 cm³/mol. The molecule has 2 rings (SSSR count). The zero-order valence-electron chi connectivity index (χ0n) is 16.3. The van der Waals surface area contributed by atoms with Gasteiger partial charge in [0.2, 0.25) is 0 Å². The fourth-order valence-electron chi connectivity index (χ4n) is 2.78. The van der Waals surface area contributed by atoms with Crippen LogP contribution in [0.5, 0.6) is 11.5 Å². The van der Waals surface area contributed by atoms with E-state index in [1.165, 1.54) is 14.2 Å². The molecule has 0 aliphatic rings. The molecule has 1 amide bonds. The van der Waals surface area contributed by atoms with E-state index in [2.05, 4.69) is 0 Å². The molecule has 0 fully saturated rings. The molecule has 0 radical (unpaired) electrons. The zero-order valence-corrected chi connectivity index (χ0v) is 16.3. The van der Waals surface area contributed by atoms with Gasteiger partial charge in [-0.25, -0.2) is 4.79 Å². The van der Waals surface area contributed by atoms with E-state index in [4.69, 9.17) is 14.2 Å². The first kappa shape index (κ1) is 20.3. The molecule has 1 atom stereocenters. The third kappa shape index (κ3) is 4.58. The SMILES string of the molecule is CCN(C(=O)[C@@H](C)OC(=O)c1cc(OC)c(C)c(OC)c1)c1ccccc1. The quantitative estimate of drug-likeness (QED) is 0.696. The van der Waals surface area contributed by atoms with Gasteiger partial charge in [-0.1, -0.05) is 18.2 Å². The Morgan fingerprint density at radius 3 is 2.07 bits per heavy atom. The van der Waals surface area contributed by atoms with Crippen molar-refractivity contribution >= 4 is 17.6 Å². The van der Waals surface area contributed by atoms with Gasteiger partial charge in [0.25, 0.3) is 5.91 Å². The smallest absolute Gasteiger partial charge is 0.339 e. The number of hydrogen-bond acceptors (Lipinski definition) is 5. The van der Waals surface area contributed by atoms with E-state index in [9.17, 15) is 9.59 Å². The van der Waals surface area contributed by atoms with Crippen LogP contribution in [0.2, 0.25) is 0 Å². The van der Waals surface area contributed by atoms with Crippen molar-refractivity contribution in [2.75, 3.05) is 25.7 Å². The number of esters is 1. The topological polar surface area (TPSA) is 65.1 Å². The van der Waals surface area contributed by atoms with Crippen molar-refractivity contribution in [2.24, 2.45) is 0 Å². The summed E-state index contributed by atoms with van der Waals surface area (Å²) in [5.74, 6) is 0.124. The number of methoxy groups -OCH3 is 2. The summed E-state index contributed by atoms with van der Waals surface area (Å²) in [5.41, 5.74) is 1.80. The molecule has 2 aromatic carbocycles. The third-order valence-corrected chi connectivity index (χ3v) is 4.27. The molecular weight excluding hydrogens is 346 g/mol. The Labute approximate surface area is 159 Å². The van der Waals surface area contributed by atoms with Gasteiger partial charge < -0.3 is 19.1 Å². The Bertz CT molecular complexity index is 778. The molecule has 0 N–H and O–H groups in total. The van der Waals surface area contributed by atoms with Crippen molar-refractivity contribution in [3.05, 3.63) is 53.6 Å². The zero-order chi connectivity index (χ0) is 20.0. The van der Waals surface area contributed by atoms with E-state index in [1.807, 2.05) is 44.2 Å². The lowest BCUT2D eigenvalue weighted by molar-refractivity contribution is -0.126. The van der Waals surface area contributed by atoms with Gasteiger partial charge in [0.1, 0.15) is 11.5 Å². The minimum atomic E-state index is -0.934. The summed E-state index contributed by atoms with van der Waals surface area (Å²) in [6.07, 6.45) is -0.934. The van der Waals surface area contributed by atoms with Crippen LogP contribution in [-0.4, -0.2) is 38.7 Å². The molecule has 0 aliphatic carbocycles. The van der Waals surface area contributed by atoms with Crippen molar-refractivity contribution in [1.82, 2.24) is 0 Å². The van der Waals surface area contributed by atoms with Crippen molar-refractivity contribution < 1.29 is 23.8 Å². The number of benzene rings is 2. The monoisotopic (exact) mass is 371 g/mol. The first-order valence-electron chi connectivity index (χ1n) is 8.72. The second-order valence-electron chi connectivity index (χ2n) is 5.97. The second kappa shape index (κ2) is 9.07. The van der Waals surface area contributed by atoms with Gasteiger partial charge in [0, 0.05) is 17.8 Å². The molecule has 2 aromatic rings. The van der Waals surface area contributed by atoms with E-state index < -0.39 is 12.1 Å². The van der Waals surface area contributed by atoms with Gasteiger partial charge in [-0.2, -0.15) is 0 Å².